The van der Waals surface area contributed by atoms with E-state index < -0.39 is 0 Å². The lowest BCUT2D eigenvalue weighted by Crippen LogP contribution is -2.20. The second-order valence-electron chi connectivity index (χ2n) is 6.23. The van der Waals surface area contributed by atoms with E-state index in [9.17, 15) is 9.59 Å². The second kappa shape index (κ2) is 3.94. The quantitative estimate of drug-likeness (QED) is 0.619. The average Bonchev–Trinajstić information content (AvgIpc) is 2.68. The molecule has 98 valence electrons. The van der Waals surface area contributed by atoms with Crippen molar-refractivity contribution in [1.82, 2.24) is 0 Å². The van der Waals surface area contributed by atoms with Gasteiger partial charge in [-0.05, 0) is 37.2 Å². The number of ether oxygens (including phenoxy) is 1. The lowest BCUT2D eigenvalue weighted by atomic mass is 9.85. The van der Waals surface area contributed by atoms with Crippen LogP contribution in [0.15, 0.2) is 11.1 Å². The van der Waals surface area contributed by atoms with Crippen molar-refractivity contribution in [3.8, 4) is 0 Å². The molecule has 5 atom stereocenters. The molecule has 0 amide bonds. The van der Waals surface area contributed by atoms with Gasteiger partial charge in [-0.25, -0.2) is 0 Å². The van der Waals surface area contributed by atoms with E-state index in [0.717, 1.165) is 18.4 Å². The molecule has 2 aliphatic carbocycles. The van der Waals surface area contributed by atoms with Crippen molar-refractivity contribution in [2.75, 3.05) is 0 Å². The normalized spacial score (nSPS) is 43.6. The predicted octanol–water partition coefficient (Wildman–Crippen LogP) is 2.50. The minimum absolute atomic E-state index is 0.0167. The zero-order valence-electron chi connectivity index (χ0n) is 11.2. The molecule has 0 radical (unpaired) electrons. The van der Waals surface area contributed by atoms with Gasteiger partial charge in [-0.15, -0.1) is 0 Å². The number of allylic oxidation sites excluding steroid dienone is 2. The van der Waals surface area contributed by atoms with Crippen LogP contribution in [0.3, 0.4) is 0 Å². The van der Waals surface area contributed by atoms with Gasteiger partial charge in [0.25, 0.3) is 0 Å². The standard InChI is InChI=1S/C15H20O3/c1-7-4-14-12(9(3)15(17)18-14)5-11-8(2)13(16)6-10(7)11/h7,9-10,12,14H,4-6H2,1-3H3/t7-,9+,10+,12+,14+/m0/s1. The average molecular weight is 248 g/mol. The highest BCUT2D eigenvalue weighted by atomic mass is 16.6. The lowest BCUT2D eigenvalue weighted by Gasteiger charge is -2.19. The van der Waals surface area contributed by atoms with Crippen LogP contribution in [0.4, 0.5) is 0 Å². The number of hydrogen-bond donors (Lipinski definition) is 0. The fraction of sp³-hybridized carbons (Fsp3) is 0.733. The maximum Gasteiger partial charge on any atom is 0.309 e. The molecule has 3 aliphatic rings. The fourth-order valence-corrected chi connectivity index (χ4v) is 3.94. The summed E-state index contributed by atoms with van der Waals surface area (Å²) in [5, 5.41) is 0. The van der Waals surface area contributed by atoms with Crippen molar-refractivity contribution < 1.29 is 14.3 Å². The Hall–Kier alpha value is -1.12. The molecule has 0 unspecified atom stereocenters. The van der Waals surface area contributed by atoms with Crippen molar-refractivity contribution in [2.24, 2.45) is 23.7 Å². The van der Waals surface area contributed by atoms with Gasteiger partial charge >= 0.3 is 5.97 Å². The number of esters is 1. The van der Waals surface area contributed by atoms with E-state index in [1.165, 1.54) is 5.57 Å². The molecular weight excluding hydrogens is 228 g/mol. The number of Topliss-reactive ketones (excluding diaryl/α,β-unsaturated/α-hetero) is 1. The van der Waals surface area contributed by atoms with Crippen molar-refractivity contribution >= 4 is 11.8 Å². The monoisotopic (exact) mass is 248 g/mol. The van der Waals surface area contributed by atoms with Crippen LogP contribution in [-0.4, -0.2) is 17.9 Å². The molecule has 1 aliphatic heterocycles. The summed E-state index contributed by atoms with van der Waals surface area (Å²) >= 11 is 0. The molecule has 0 aromatic carbocycles. The van der Waals surface area contributed by atoms with Crippen LogP contribution >= 0.6 is 0 Å². The molecule has 3 heteroatoms. The first-order chi connectivity index (χ1) is 8.49. The molecule has 2 fully saturated rings. The van der Waals surface area contributed by atoms with E-state index in [4.69, 9.17) is 4.74 Å². The summed E-state index contributed by atoms with van der Waals surface area (Å²) in [7, 11) is 0. The molecule has 0 spiro atoms. The fourth-order valence-electron chi connectivity index (χ4n) is 3.94. The van der Waals surface area contributed by atoms with E-state index >= 15 is 0 Å². The van der Waals surface area contributed by atoms with Crippen molar-refractivity contribution in [1.29, 1.82) is 0 Å². The van der Waals surface area contributed by atoms with Gasteiger partial charge in [0, 0.05) is 12.3 Å². The third-order valence-corrected chi connectivity index (χ3v) is 5.26. The Bertz CT molecular complexity index is 449. The molecule has 1 heterocycles. The zero-order valence-corrected chi connectivity index (χ0v) is 11.2. The number of ketones is 1. The van der Waals surface area contributed by atoms with Crippen LogP contribution in [0, 0.1) is 23.7 Å². The van der Waals surface area contributed by atoms with Gasteiger partial charge in [0.1, 0.15) is 6.10 Å². The summed E-state index contributed by atoms with van der Waals surface area (Å²) < 4.78 is 5.51. The van der Waals surface area contributed by atoms with Gasteiger partial charge in [-0.2, -0.15) is 0 Å². The summed E-state index contributed by atoms with van der Waals surface area (Å²) in [5.41, 5.74) is 2.27. The van der Waals surface area contributed by atoms with E-state index in [2.05, 4.69) is 6.92 Å². The molecule has 3 rings (SSSR count). The molecule has 0 N–H and O–H groups in total. The van der Waals surface area contributed by atoms with Crippen LogP contribution in [-0.2, 0) is 14.3 Å². The Labute approximate surface area is 108 Å². The minimum Gasteiger partial charge on any atom is -0.462 e. The summed E-state index contributed by atoms with van der Waals surface area (Å²) in [4.78, 5) is 23.6. The van der Waals surface area contributed by atoms with E-state index in [1.807, 2.05) is 13.8 Å². The third kappa shape index (κ3) is 1.56. The first-order valence-corrected chi connectivity index (χ1v) is 6.92. The molecule has 1 saturated heterocycles. The maximum absolute atomic E-state index is 11.9. The molecule has 18 heavy (non-hydrogen) atoms. The topological polar surface area (TPSA) is 43.4 Å². The first-order valence-electron chi connectivity index (χ1n) is 6.92. The van der Waals surface area contributed by atoms with Gasteiger partial charge in [0.05, 0.1) is 5.92 Å². The highest BCUT2D eigenvalue weighted by Crippen LogP contribution is 2.48. The smallest absolute Gasteiger partial charge is 0.309 e. The lowest BCUT2D eigenvalue weighted by molar-refractivity contribution is -0.144. The van der Waals surface area contributed by atoms with E-state index in [1.54, 1.807) is 0 Å². The zero-order chi connectivity index (χ0) is 13.0. The summed E-state index contributed by atoms with van der Waals surface area (Å²) in [6.07, 6.45) is 2.53. The number of carbonyl (C=O) groups excluding carboxylic acids is 2. The number of fused-ring (bicyclic) bond motifs is 2. The number of carbonyl (C=O) groups is 2. The largest absolute Gasteiger partial charge is 0.462 e. The summed E-state index contributed by atoms with van der Waals surface area (Å²) in [6, 6.07) is 0. The van der Waals surface area contributed by atoms with E-state index in [0.29, 0.717) is 24.0 Å². The van der Waals surface area contributed by atoms with Gasteiger partial charge in [-0.3, -0.25) is 9.59 Å². The van der Waals surface area contributed by atoms with Crippen LogP contribution in [0.25, 0.3) is 0 Å². The third-order valence-electron chi connectivity index (χ3n) is 5.26. The summed E-state index contributed by atoms with van der Waals surface area (Å²) in [5.74, 6) is 1.35. The Kier molecular flexibility index (Phi) is 2.61. The van der Waals surface area contributed by atoms with Crippen molar-refractivity contribution in [3.63, 3.8) is 0 Å². The van der Waals surface area contributed by atoms with Crippen molar-refractivity contribution in [2.45, 2.75) is 46.1 Å². The van der Waals surface area contributed by atoms with Gasteiger partial charge in [-0.1, -0.05) is 19.4 Å². The van der Waals surface area contributed by atoms with Crippen LogP contribution in [0.5, 0.6) is 0 Å². The Morgan fingerprint density at radius 1 is 1.17 bits per heavy atom. The van der Waals surface area contributed by atoms with Gasteiger partial charge in [0.2, 0.25) is 0 Å². The van der Waals surface area contributed by atoms with E-state index in [-0.39, 0.29) is 23.9 Å². The molecule has 0 bridgehead atoms. The van der Waals surface area contributed by atoms with Gasteiger partial charge in [0.15, 0.2) is 5.78 Å². The Morgan fingerprint density at radius 3 is 2.61 bits per heavy atom. The first kappa shape index (κ1) is 11.9. The Balaban J connectivity index is 1.97. The maximum atomic E-state index is 11.9. The molecule has 0 aromatic rings. The molecule has 0 aromatic heterocycles. The SMILES string of the molecule is CC1=C2C[C@H]3[C@@H](C[C@H](C)[C@H]2CC1=O)OC(=O)[C@@H]3C. The van der Waals surface area contributed by atoms with Gasteiger partial charge < -0.3 is 4.74 Å². The Morgan fingerprint density at radius 2 is 1.89 bits per heavy atom. The van der Waals surface area contributed by atoms with Crippen LogP contribution in [0.1, 0.15) is 40.0 Å². The summed E-state index contributed by atoms with van der Waals surface area (Å²) in [6.45, 7) is 6.10. The highest BCUT2D eigenvalue weighted by Gasteiger charge is 2.48. The van der Waals surface area contributed by atoms with Crippen LogP contribution < -0.4 is 0 Å². The highest BCUT2D eigenvalue weighted by molar-refractivity contribution is 5.98. The second-order valence-corrected chi connectivity index (χ2v) is 6.23. The molecule has 3 nitrogen and oxygen atoms in total. The number of rotatable bonds is 0. The minimum atomic E-state index is -0.0572. The van der Waals surface area contributed by atoms with Crippen molar-refractivity contribution in [3.05, 3.63) is 11.1 Å². The molecular formula is C15H20O3. The predicted molar refractivity (Wildman–Crippen MR) is 66.7 cm³/mol. The van der Waals surface area contributed by atoms with Crippen LogP contribution in [0.2, 0.25) is 0 Å². The number of hydrogen-bond acceptors (Lipinski definition) is 3. The molecule has 1 saturated carbocycles.